The Balaban J connectivity index is 1.45. The van der Waals surface area contributed by atoms with Crippen LogP contribution in [-0.2, 0) is 23.8 Å². The molecule has 3 aliphatic rings. The van der Waals surface area contributed by atoms with Crippen molar-refractivity contribution < 1.29 is 38.1 Å². The van der Waals surface area contributed by atoms with Gasteiger partial charge < -0.3 is 25.1 Å². The Morgan fingerprint density at radius 2 is 1.71 bits per heavy atom. The molecule has 3 fully saturated rings. The highest BCUT2D eigenvalue weighted by atomic mass is 19.1. The van der Waals surface area contributed by atoms with E-state index in [2.05, 4.69) is 0 Å². The number of fused-ring (bicyclic) bond motifs is 1. The molecule has 9 heteroatoms. The van der Waals surface area contributed by atoms with Crippen LogP contribution < -0.4 is 5.73 Å². The smallest absolute Gasteiger partial charge is 0.480 e. The number of carbonyl (C=O) groups is 3. The molecule has 0 aliphatic heterocycles. The lowest BCUT2D eigenvalue weighted by Gasteiger charge is -2.25. The van der Waals surface area contributed by atoms with Gasteiger partial charge in [0.2, 0.25) is 6.29 Å². The zero-order valence-corrected chi connectivity index (χ0v) is 16.0. The number of alkyl halides is 1. The van der Waals surface area contributed by atoms with Gasteiger partial charge in [-0.15, -0.1) is 0 Å². The number of rotatable bonds is 5. The Morgan fingerprint density at radius 3 is 2.32 bits per heavy atom. The molecular formula is C19H28FNO7. The fraction of sp³-hybridized carbons (Fsp3) is 0.842. The predicted octanol–water partition coefficient (Wildman–Crippen LogP) is 2.53. The highest BCUT2D eigenvalue weighted by molar-refractivity contribution is 5.86. The molecule has 0 spiro atoms. The third-order valence-electron chi connectivity index (χ3n) is 6.22. The summed E-state index contributed by atoms with van der Waals surface area (Å²) >= 11 is 0. The largest absolute Gasteiger partial charge is 0.511 e. The Bertz CT molecular complexity index is 621. The SMILES string of the molecule is CC(OC(=O)OC1CCCCCCC1)OC(=O)[C@H]1[C@@H]2C[C@H](F)[C@@](N)(C(=O)O)[C@@H]21. The molecule has 8 nitrogen and oxygen atoms in total. The maximum absolute atomic E-state index is 13.9. The van der Waals surface area contributed by atoms with Gasteiger partial charge in [0.05, 0.1) is 5.92 Å². The monoisotopic (exact) mass is 401 g/mol. The highest BCUT2D eigenvalue weighted by Crippen LogP contribution is 2.62. The first kappa shape index (κ1) is 20.8. The molecule has 0 aromatic heterocycles. The van der Waals surface area contributed by atoms with Crippen LogP contribution in [0.4, 0.5) is 9.18 Å². The third kappa shape index (κ3) is 4.09. The first-order chi connectivity index (χ1) is 13.2. The van der Waals surface area contributed by atoms with E-state index in [1.54, 1.807) is 0 Å². The minimum absolute atomic E-state index is 0.0911. The number of carboxylic acid groups (broad SMARTS) is 1. The predicted molar refractivity (Wildman–Crippen MR) is 93.8 cm³/mol. The molecule has 6 atom stereocenters. The highest BCUT2D eigenvalue weighted by Gasteiger charge is 2.75. The minimum atomic E-state index is -2.07. The quantitative estimate of drug-likeness (QED) is 0.532. The van der Waals surface area contributed by atoms with Crippen LogP contribution in [0.15, 0.2) is 0 Å². The normalized spacial score (nSPS) is 36.4. The molecule has 0 heterocycles. The van der Waals surface area contributed by atoms with E-state index in [-0.39, 0.29) is 12.5 Å². The van der Waals surface area contributed by atoms with Gasteiger partial charge in [-0.1, -0.05) is 19.3 Å². The van der Waals surface area contributed by atoms with Crippen LogP contribution in [-0.4, -0.2) is 47.3 Å². The van der Waals surface area contributed by atoms with Gasteiger partial charge in [-0.05, 0) is 38.0 Å². The number of carbonyl (C=O) groups excluding carboxylic acids is 2. The van der Waals surface area contributed by atoms with Crippen molar-refractivity contribution in [3.05, 3.63) is 0 Å². The Morgan fingerprint density at radius 1 is 1.11 bits per heavy atom. The second-order valence-corrected chi connectivity index (χ2v) is 8.11. The number of carboxylic acids is 1. The lowest BCUT2D eigenvalue weighted by atomic mass is 9.90. The number of esters is 1. The number of hydrogen-bond acceptors (Lipinski definition) is 7. The van der Waals surface area contributed by atoms with E-state index in [1.807, 2.05) is 0 Å². The summed E-state index contributed by atoms with van der Waals surface area (Å²) in [6, 6.07) is 0. The van der Waals surface area contributed by atoms with Crippen molar-refractivity contribution >= 4 is 18.1 Å². The van der Waals surface area contributed by atoms with Crippen molar-refractivity contribution in [3.63, 3.8) is 0 Å². The third-order valence-corrected chi connectivity index (χ3v) is 6.22. The summed E-state index contributed by atoms with van der Waals surface area (Å²) in [6.45, 7) is 1.38. The maximum Gasteiger partial charge on any atom is 0.511 e. The molecule has 3 rings (SSSR count). The van der Waals surface area contributed by atoms with E-state index in [0.717, 1.165) is 38.5 Å². The van der Waals surface area contributed by atoms with E-state index < -0.39 is 53.8 Å². The topological polar surface area (TPSA) is 125 Å². The van der Waals surface area contributed by atoms with Crippen molar-refractivity contribution in [3.8, 4) is 0 Å². The lowest BCUT2D eigenvalue weighted by Crippen LogP contribution is -2.56. The molecule has 0 bridgehead atoms. The van der Waals surface area contributed by atoms with Gasteiger partial charge in [0.1, 0.15) is 17.8 Å². The molecule has 1 unspecified atom stereocenters. The van der Waals surface area contributed by atoms with E-state index in [0.29, 0.717) is 0 Å². The van der Waals surface area contributed by atoms with Crippen LogP contribution in [0.25, 0.3) is 0 Å². The molecule has 0 aromatic carbocycles. The summed E-state index contributed by atoms with van der Waals surface area (Å²) in [4.78, 5) is 35.6. The Kier molecular flexibility index (Phi) is 6.12. The van der Waals surface area contributed by atoms with Crippen LogP contribution in [0.2, 0.25) is 0 Å². The average Bonchev–Trinajstić information content (AvgIpc) is 3.23. The summed E-state index contributed by atoms with van der Waals surface area (Å²) in [5.41, 5.74) is 3.64. The molecule has 0 radical (unpaired) electrons. The van der Waals surface area contributed by atoms with Crippen LogP contribution >= 0.6 is 0 Å². The van der Waals surface area contributed by atoms with E-state index >= 15 is 0 Å². The van der Waals surface area contributed by atoms with Crippen LogP contribution in [0.5, 0.6) is 0 Å². The minimum Gasteiger partial charge on any atom is -0.480 e. The molecule has 158 valence electrons. The van der Waals surface area contributed by atoms with Gasteiger partial charge in [-0.3, -0.25) is 9.59 Å². The van der Waals surface area contributed by atoms with Crippen molar-refractivity contribution in [1.29, 1.82) is 0 Å². The first-order valence-corrected chi connectivity index (χ1v) is 9.99. The van der Waals surface area contributed by atoms with Crippen LogP contribution in [0, 0.1) is 17.8 Å². The molecule has 28 heavy (non-hydrogen) atoms. The average molecular weight is 401 g/mol. The molecule has 3 saturated carbocycles. The Labute approximate surface area is 162 Å². The number of halogens is 1. The molecule has 0 amide bonds. The van der Waals surface area contributed by atoms with E-state index in [4.69, 9.17) is 19.9 Å². The molecule has 0 aromatic rings. The number of ether oxygens (including phenoxy) is 3. The second kappa shape index (κ2) is 8.23. The fourth-order valence-electron chi connectivity index (χ4n) is 4.66. The summed E-state index contributed by atoms with van der Waals surface area (Å²) < 4.78 is 29.3. The standard InChI is InChI=1S/C19H28FNO7/c1-10(27-18(25)28-11-7-5-3-2-4-6-8-11)26-16(22)14-12-9-13(20)19(21,15(12)14)17(23)24/h10-15H,2-9,21H2,1H3,(H,23,24)/t10?,12-,13-,14-,15-,19-/m0/s1. The van der Waals surface area contributed by atoms with Crippen molar-refractivity contribution in [1.82, 2.24) is 0 Å². The Hall–Kier alpha value is -1.90. The lowest BCUT2D eigenvalue weighted by molar-refractivity contribution is -0.172. The second-order valence-electron chi connectivity index (χ2n) is 8.11. The van der Waals surface area contributed by atoms with E-state index in [9.17, 15) is 23.9 Å². The van der Waals surface area contributed by atoms with Gasteiger partial charge in [0.15, 0.2) is 0 Å². The molecule has 3 aliphatic carbocycles. The fourth-order valence-corrected chi connectivity index (χ4v) is 4.66. The summed E-state index contributed by atoms with van der Waals surface area (Å²) in [6.07, 6.45) is 2.91. The first-order valence-electron chi connectivity index (χ1n) is 9.99. The van der Waals surface area contributed by atoms with Gasteiger partial charge in [0, 0.05) is 12.8 Å². The summed E-state index contributed by atoms with van der Waals surface area (Å²) in [5.74, 6) is -4.25. The molecule has 3 N–H and O–H groups in total. The summed E-state index contributed by atoms with van der Waals surface area (Å²) in [7, 11) is 0. The molecular weight excluding hydrogens is 373 g/mol. The van der Waals surface area contributed by atoms with Crippen molar-refractivity contribution in [2.24, 2.45) is 23.5 Å². The number of hydrogen-bond donors (Lipinski definition) is 2. The van der Waals surface area contributed by atoms with E-state index in [1.165, 1.54) is 13.3 Å². The maximum atomic E-state index is 13.9. The summed E-state index contributed by atoms with van der Waals surface area (Å²) in [5, 5.41) is 9.23. The van der Waals surface area contributed by atoms with Crippen molar-refractivity contribution in [2.45, 2.75) is 82.4 Å². The van der Waals surface area contributed by atoms with Gasteiger partial charge in [-0.2, -0.15) is 0 Å². The zero-order valence-electron chi connectivity index (χ0n) is 16.0. The zero-order chi connectivity index (χ0) is 20.5. The van der Waals surface area contributed by atoms with Gasteiger partial charge in [0.25, 0.3) is 0 Å². The van der Waals surface area contributed by atoms with Crippen LogP contribution in [0.1, 0.15) is 58.3 Å². The van der Waals surface area contributed by atoms with Crippen LogP contribution in [0.3, 0.4) is 0 Å². The number of nitrogens with two attached hydrogens (primary N) is 1. The van der Waals surface area contributed by atoms with Crippen molar-refractivity contribution in [2.75, 3.05) is 0 Å². The number of aliphatic carboxylic acids is 1. The molecule has 0 saturated heterocycles. The van der Waals surface area contributed by atoms with Gasteiger partial charge in [-0.25, -0.2) is 9.18 Å². The van der Waals surface area contributed by atoms with Gasteiger partial charge >= 0.3 is 18.1 Å².